The summed E-state index contributed by atoms with van der Waals surface area (Å²) in [5.74, 6) is 1.58. The summed E-state index contributed by atoms with van der Waals surface area (Å²) in [6.45, 7) is 2.93. The van der Waals surface area contributed by atoms with Crippen molar-refractivity contribution in [1.82, 2.24) is 9.55 Å². The van der Waals surface area contributed by atoms with E-state index < -0.39 is 0 Å². The highest BCUT2D eigenvalue weighted by Crippen LogP contribution is 2.39. The molecule has 4 nitrogen and oxygen atoms in total. The van der Waals surface area contributed by atoms with Gasteiger partial charge in [0.15, 0.2) is 0 Å². The molecular formula is C16H19N3O. The van der Waals surface area contributed by atoms with Crippen LogP contribution in [0.4, 0.5) is 0 Å². The average molecular weight is 269 g/mol. The molecule has 20 heavy (non-hydrogen) atoms. The zero-order valence-electron chi connectivity index (χ0n) is 12.0. The van der Waals surface area contributed by atoms with Crippen molar-refractivity contribution in [3.63, 3.8) is 0 Å². The highest BCUT2D eigenvalue weighted by molar-refractivity contribution is 5.78. The van der Waals surface area contributed by atoms with Crippen LogP contribution in [0.1, 0.15) is 37.2 Å². The van der Waals surface area contributed by atoms with E-state index in [9.17, 15) is 0 Å². The highest BCUT2D eigenvalue weighted by atomic mass is 16.5. The molecule has 0 amide bonds. The lowest BCUT2D eigenvalue weighted by molar-refractivity contribution is 0.158. The number of aromatic nitrogens is 2. The molecule has 2 aromatic rings. The van der Waals surface area contributed by atoms with Crippen molar-refractivity contribution in [3.05, 3.63) is 29.6 Å². The van der Waals surface area contributed by atoms with Gasteiger partial charge in [-0.1, -0.05) is 6.92 Å². The Hall–Kier alpha value is -1.86. The van der Waals surface area contributed by atoms with Gasteiger partial charge in [0.2, 0.25) is 0 Å². The van der Waals surface area contributed by atoms with Gasteiger partial charge in [-0.05, 0) is 37.0 Å². The smallest absolute Gasteiger partial charge is 0.110 e. The summed E-state index contributed by atoms with van der Waals surface area (Å²) in [7, 11) is 1.74. The number of hydrogen-bond acceptors (Lipinski definition) is 3. The predicted octanol–water partition coefficient (Wildman–Crippen LogP) is 3.07. The van der Waals surface area contributed by atoms with Crippen molar-refractivity contribution >= 4 is 11.0 Å². The third-order valence-electron chi connectivity index (χ3n) is 3.79. The molecule has 1 aliphatic carbocycles. The monoisotopic (exact) mass is 269 g/mol. The van der Waals surface area contributed by atoms with Crippen LogP contribution in [0.5, 0.6) is 0 Å². The Labute approximate surface area is 119 Å². The fraction of sp³-hybridized carbons (Fsp3) is 0.500. The minimum Gasteiger partial charge on any atom is -0.384 e. The summed E-state index contributed by atoms with van der Waals surface area (Å²) in [5, 5.41) is 9.01. The Morgan fingerprint density at radius 3 is 2.95 bits per heavy atom. The lowest BCUT2D eigenvalue weighted by Crippen LogP contribution is -2.11. The molecule has 0 N–H and O–H groups in total. The maximum absolute atomic E-state index is 9.01. The highest BCUT2D eigenvalue weighted by Gasteiger charge is 2.28. The zero-order valence-corrected chi connectivity index (χ0v) is 12.0. The topological polar surface area (TPSA) is 50.8 Å². The van der Waals surface area contributed by atoms with E-state index in [0.29, 0.717) is 17.5 Å². The fourth-order valence-corrected chi connectivity index (χ4v) is 2.76. The van der Waals surface area contributed by atoms with Crippen LogP contribution in [0, 0.1) is 17.2 Å². The number of hydrogen-bond donors (Lipinski definition) is 0. The molecule has 1 aromatic carbocycles. The summed E-state index contributed by atoms with van der Waals surface area (Å²) in [4.78, 5) is 4.76. The van der Waals surface area contributed by atoms with Gasteiger partial charge in [-0.3, -0.25) is 0 Å². The molecule has 0 bridgehead atoms. The van der Waals surface area contributed by atoms with E-state index >= 15 is 0 Å². The number of ether oxygens (including phenoxy) is 1. The zero-order chi connectivity index (χ0) is 14.1. The van der Waals surface area contributed by atoms with Gasteiger partial charge < -0.3 is 9.30 Å². The molecule has 0 radical (unpaired) electrons. The van der Waals surface area contributed by atoms with Crippen LogP contribution in [0.15, 0.2) is 18.2 Å². The van der Waals surface area contributed by atoms with Gasteiger partial charge in [0.25, 0.3) is 0 Å². The average Bonchev–Trinajstić information content (AvgIpc) is 3.20. The molecule has 0 spiro atoms. The first kappa shape index (κ1) is 13.1. The van der Waals surface area contributed by atoms with Crippen LogP contribution >= 0.6 is 0 Å². The van der Waals surface area contributed by atoms with E-state index in [4.69, 9.17) is 15.0 Å². The van der Waals surface area contributed by atoms with Gasteiger partial charge in [-0.2, -0.15) is 5.26 Å². The van der Waals surface area contributed by atoms with Gasteiger partial charge in [0.1, 0.15) is 5.82 Å². The quantitative estimate of drug-likeness (QED) is 0.838. The largest absolute Gasteiger partial charge is 0.384 e. The first-order valence-electron chi connectivity index (χ1n) is 7.13. The standard InChI is InChI=1S/C16H19N3O/c1-11(10-20-2)7-16-18-14-8-12(9-17)3-6-15(14)19(16)13-4-5-13/h3,6,8,11,13H,4-5,7,10H2,1-2H3. The summed E-state index contributed by atoms with van der Waals surface area (Å²) < 4.78 is 7.59. The van der Waals surface area contributed by atoms with Crippen molar-refractivity contribution in [2.24, 2.45) is 5.92 Å². The Kier molecular flexibility index (Phi) is 3.45. The van der Waals surface area contributed by atoms with E-state index in [0.717, 1.165) is 29.9 Å². The number of nitriles is 1. The number of fused-ring (bicyclic) bond motifs is 1. The molecule has 3 rings (SSSR count). The Bertz CT molecular complexity index is 664. The molecule has 4 heteroatoms. The molecule has 1 heterocycles. The van der Waals surface area contributed by atoms with Crippen LogP contribution < -0.4 is 0 Å². The van der Waals surface area contributed by atoms with E-state index in [2.05, 4.69) is 17.6 Å². The molecule has 0 saturated heterocycles. The second-order valence-corrected chi connectivity index (χ2v) is 5.71. The molecule has 1 unspecified atom stereocenters. The second-order valence-electron chi connectivity index (χ2n) is 5.71. The minimum atomic E-state index is 0.449. The molecule has 1 saturated carbocycles. The third-order valence-corrected chi connectivity index (χ3v) is 3.79. The third kappa shape index (κ3) is 2.41. The predicted molar refractivity (Wildman–Crippen MR) is 77.5 cm³/mol. The molecule has 1 atom stereocenters. The van der Waals surface area contributed by atoms with Crippen molar-refractivity contribution in [3.8, 4) is 6.07 Å². The minimum absolute atomic E-state index is 0.449. The normalized spacial score (nSPS) is 16.2. The number of imidazole rings is 1. The van der Waals surface area contributed by atoms with E-state index in [1.807, 2.05) is 18.2 Å². The molecule has 1 fully saturated rings. The van der Waals surface area contributed by atoms with Gasteiger partial charge in [-0.15, -0.1) is 0 Å². The SMILES string of the molecule is COCC(C)Cc1nc2cc(C#N)ccc2n1C1CC1. The first-order valence-corrected chi connectivity index (χ1v) is 7.13. The van der Waals surface area contributed by atoms with Crippen LogP contribution in [0.2, 0.25) is 0 Å². The summed E-state index contributed by atoms with van der Waals surface area (Å²) in [6.07, 6.45) is 3.38. The van der Waals surface area contributed by atoms with E-state index in [1.165, 1.54) is 12.8 Å². The van der Waals surface area contributed by atoms with Gasteiger partial charge in [0.05, 0.1) is 22.7 Å². The molecule has 0 aliphatic heterocycles. The van der Waals surface area contributed by atoms with Gasteiger partial charge in [-0.25, -0.2) is 4.98 Å². The Morgan fingerprint density at radius 2 is 2.30 bits per heavy atom. The van der Waals surface area contributed by atoms with Gasteiger partial charge >= 0.3 is 0 Å². The van der Waals surface area contributed by atoms with Crippen LogP contribution in [0.25, 0.3) is 11.0 Å². The molecular weight excluding hydrogens is 250 g/mol. The lowest BCUT2D eigenvalue weighted by atomic mass is 10.1. The van der Waals surface area contributed by atoms with Gasteiger partial charge in [0, 0.05) is 26.2 Å². The van der Waals surface area contributed by atoms with Crippen molar-refractivity contribution < 1.29 is 4.74 Å². The number of rotatable bonds is 5. The number of benzene rings is 1. The van der Waals surface area contributed by atoms with Crippen molar-refractivity contribution in [1.29, 1.82) is 5.26 Å². The summed E-state index contributed by atoms with van der Waals surface area (Å²) >= 11 is 0. The van der Waals surface area contributed by atoms with Crippen molar-refractivity contribution in [2.75, 3.05) is 13.7 Å². The molecule has 1 aromatic heterocycles. The fourth-order valence-electron chi connectivity index (χ4n) is 2.76. The number of nitrogens with zero attached hydrogens (tertiary/aromatic N) is 3. The van der Waals surface area contributed by atoms with E-state index in [-0.39, 0.29) is 0 Å². The first-order chi connectivity index (χ1) is 9.72. The molecule has 1 aliphatic rings. The molecule has 104 valence electrons. The second kappa shape index (κ2) is 5.26. The van der Waals surface area contributed by atoms with E-state index in [1.54, 1.807) is 7.11 Å². The lowest BCUT2D eigenvalue weighted by Gasteiger charge is -2.12. The maximum atomic E-state index is 9.01. The van der Waals surface area contributed by atoms with Crippen LogP contribution in [-0.2, 0) is 11.2 Å². The van der Waals surface area contributed by atoms with Crippen LogP contribution in [-0.4, -0.2) is 23.3 Å². The number of methoxy groups -OCH3 is 1. The summed E-state index contributed by atoms with van der Waals surface area (Å²) in [6, 6.07) is 8.58. The van der Waals surface area contributed by atoms with Crippen molar-refractivity contribution in [2.45, 2.75) is 32.2 Å². The maximum Gasteiger partial charge on any atom is 0.110 e. The Morgan fingerprint density at radius 1 is 1.50 bits per heavy atom. The van der Waals surface area contributed by atoms with Crippen LogP contribution in [0.3, 0.4) is 0 Å². The summed E-state index contributed by atoms with van der Waals surface area (Å²) in [5.41, 5.74) is 2.77. The Balaban J connectivity index is 2.01.